The zero-order chi connectivity index (χ0) is 24.4. The van der Waals surface area contributed by atoms with Gasteiger partial charge in [-0.05, 0) is 48.6 Å². The van der Waals surface area contributed by atoms with Crippen LogP contribution in [0.5, 0.6) is 0 Å². The fourth-order valence-electron chi connectivity index (χ4n) is 3.64. The minimum atomic E-state index is -0.519. The number of halogens is 1. The standard InChI is InChI=1S/C23H21BrN4O5S/c1-26-22(31)19(28(23(26)34)13-21(30)32-2)8-14-11-27(18-6-5-15(24)9-17(14)18)12-20(29)25-10-16-4-3-7-33-16/h3-9,11H,10,12-13H2,1-2H3,(H,25,29)/b19-8-. The molecule has 1 saturated heterocycles. The Labute approximate surface area is 209 Å². The van der Waals surface area contributed by atoms with Crippen molar-refractivity contribution in [2.24, 2.45) is 0 Å². The summed E-state index contributed by atoms with van der Waals surface area (Å²) in [7, 11) is 2.83. The van der Waals surface area contributed by atoms with E-state index in [1.54, 1.807) is 42.3 Å². The third kappa shape index (κ3) is 4.75. The molecule has 2 aromatic heterocycles. The lowest BCUT2D eigenvalue weighted by molar-refractivity contribution is -0.140. The van der Waals surface area contributed by atoms with Crippen molar-refractivity contribution in [1.82, 2.24) is 19.7 Å². The number of likely N-dealkylation sites (N-methyl/N-ethyl adjacent to an activating group) is 1. The molecule has 0 aliphatic carbocycles. The fraction of sp³-hybridized carbons (Fsp3) is 0.217. The summed E-state index contributed by atoms with van der Waals surface area (Å²) >= 11 is 8.83. The molecule has 0 atom stereocenters. The molecule has 3 heterocycles. The van der Waals surface area contributed by atoms with Crippen molar-refractivity contribution < 1.29 is 23.5 Å². The lowest BCUT2D eigenvalue weighted by Crippen LogP contribution is -2.33. The van der Waals surface area contributed by atoms with Gasteiger partial charge in [0.25, 0.3) is 5.91 Å². The Hall–Kier alpha value is -3.44. The van der Waals surface area contributed by atoms with Crippen LogP contribution in [0.4, 0.5) is 0 Å². The quantitative estimate of drug-likeness (QED) is 0.277. The van der Waals surface area contributed by atoms with E-state index in [4.69, 9.17) is 21.4 Å². The average molecular weight is 545 g/mol. The van der Waals surface area contributed by atoms with Crippen molar-refractivity contribution in [3.8, 4) is 0 Å². The normalized spacial score (nSPS) is 15.0. The van der Waals surface area contributed by atoms with Crippen LogP contribution in [-0.4, -0.2) is 58.0 Å². The number of aromatic nitrogens is 1. The first kappa shape index (κ1) is 23.7. The van der Waals surface area contributed by atoms with Crippen molar-refractivity contribution in [3.05, 3.63) is 64.3 Å². The average Bonchev–Trinajstić information content (AvgIpc) is 3.50. The highest BCUT2D eigenvalue weighted by molar-refractivity contribution is 9.10. The fourth-order valence-corrected chi connectivity index (χ4v) is 4.25. The van der Waals surface area contributed by atoms with Crippen LogP contribution in [0.25, 0.3) is 17.0 Å². The molecule has 0 bridgehead atoms. The Morgan fingerprint density at radius 2 is 2.06 bits per heavy atom. The number of hydrogen-bond acceptors (Lipinski definition) is 6. The highest BCUT2D eigenvalue weighted by Gasteiger charge is 2.37. The lowest BCUT2D eigenvalue weighted by Gasteiger charge is -2.16. The molecule has 0 spiro atoms. The summed E-state index contributed by atoms with van der Waals surface area (Å²) in [4.78, 5) is 40.1. The molecule has 1 N–H and O–H groups in total. The molecule has 0 radical (unpaired) electrons. The zero-order valence-corrected chi connectivity index (χ0v) is 20.8. The number of rotatable bonds is 7. The molecule has 11 heteroatoms. The van der Waals surface area contributed by atoms with Gasteiger partial charge in [0.15, 0.2) is 5.11 Å². The smallest absolute Gasteiger partial charge is 0.325 e. The Kier molecular flexibility index (Phi) is 6.85. The molecule has 0 unspecified atom stereocenters. The van der Waals surface area contributed by atoms with Gasteiger partial charge in [-0.25, -0.2) is 0 Å². The third-order valence-electron chi connectivity index (χ3n) is 5.37. The number of thiocarbonyl (C=S) groups is 1. The van der Waals surface area contributed by atoms with Crippen LogP contribution >= 0.6 is 28.1 Å². The minimum absolute atomic E-state index is 0.0696. The summed E-state index contributed by atoms with van der Waals surface area (Å²) in [6.07, 6.45) is 5.02. The number of amides is 2. The van der Waals surface area contributed by atoms with E-state index >= 15 is 0 Å². The minimum Gasteiger partial charge on any atom is -0.468 e. The van der Waals surface area contributed by atoms with Crippen LogP contribution < -0.4 is 5.32 Å². The van der Waals surface area contributed by atoms with Gasteiger partial charge in [-0.3, -0.25) is 19.3 Å². The van der Waals surface area contributed by atoms with Crippen LogP contribution in [0.2, 0.25) is 0 Å². The largest absolute Gasteiger partial charge is 0.468 e. The van der Waals surface area contributed by atoms with Gasteiger partial charge in [0.1, 0.15) is 24.5 Å². The van der Waals surface area contributed by atoms with E-state index in [1.807, 2.05) is 18.2 Å². The summed E-state index contributed by atoms with van der Waals surface area (Å²) in [5.74, 6) is -0.387. The molecule has 1 aliphatic heterocycles. The molecule has 176 valence electrons. The van der Waals surface area contributed by atoms with Crippen molar-refractivity contribution in [2.45, 2.75) is 13.1 Å². The van der Waals surface area contributed by atoms with Gasteiger partial charge >= 0.3 is 5.97 Å². The summed E-state index contributed by atoms with van der Waals surface area (Å²) in [6.45, 7) is 0.170. The Morgan fingerprint density at radius 1 is 1.26 bits per heavy atom. The molecule has 1 aliphatic rings. The molecule has 9 nitrogen and oxygen atoms in total. The number of carbonyl (C=O) groups is 3. The summed E-state index contributed by atoms with van der Waals surface area (Å²) in [5, 5.41) is 3.87. The maximum Gasteiger partial charge on any atom is 0.325 e. The van der Waals surface area contributed by atoms with Crippen LogP contribution in [0, 0.1) is 0 Å². The van der Waals surface area contributed by atoms with Gasteiger partial charge in [0.05, 0.1) is 19.9 Å². The molecule has 1 aromatic carbocycles. The van der Waals surface area contributed by atoms with Crippen molar-refractivity contribution >= 4 is 68.0 Å². The molecule has 1 fully saturated rings. The van der Waals surface area contributed by atoms with E-state index in [2.05, 4.69) is 21.2 Å². The Balaban J connectivity index is 1.68. The first-order valence-corrected chi connectivity index (χ1v) is 11.4. The van der Waals surface area contributed by atoms with Gasteiger partial charge < -0.3 is 23.9 Å². The van der Waals surface area contributed by atoms with E-state index in [9.17, 15) is 14.4 Å². The third-order valence-corrected chi connectivity index (χ3v) is 6.35. The maximum absolute atomic E-state index is 12.9. The van der Waals surface area contributed by atoms with Crippen LogP contribution in [0.15, 0.2) is 57.4 Å². The van der Waals surface area contributed by atoms with E-state index in [0.717, 1.165) is 15.4 Å². The topological polar surface area (TPSA) is 97.0 Å². The van der Waals surface area contributed by atoms with Crippen LogP contribution in [0.3, 0.4) is 0 Å². The van der Waals surface area contributed by atoms with Crippen molar-refractivity contribution in [2.75, 3.05) is 20.7 Å². The molecule has 2 amide bonds. The number of esters is 1. The van der Waals surface area contributed by atoms with E-state index in [-0.39, 0.29) is 42.3 Å². The number of nitrogens with zero attached hydrogens (tertiary/aromatic N) is 3. The molecule has 34 heavy (non-hydrogen) atoms. The molecular formula is C23H21BrN4O5S. The van der Waals surface area contributed by atoms with E-state index < -0.39 is 5.97 Å². The van der Waals surface area contributed by atoms with Crippen molar-refractivity contribution in [1.29, 1.82) is 0 Å². The van der Waals surface area contributed by atoms with Gasteiger partial charge in [-0.1, -0.05) is 15.9 Å². The van der Waals surface area contributed by atoms with E-state index in [0.29, 0.717) is 11.3 Å². The number of benzene rings is 1. The second-order valence-electron chi connectivity index (χ2n) is 7.57. The number of ether oxygens (including phenoxy) is 1. The number of furan rings is 1. The second-order valence-corrected chi connectivity index (χ2v) is 8.85. The number of nitrogens with one attached hydrogen (secondary N) is 1. The van der Waals surface area contributed by atoms with Gasteiger partial charge in [0, 0.05) is 34.2 Å². The Morgan fingerprint density at radius 3 is 2.76 bits per heavy atom. The van der Waals surface area contributed by atoms with Crippen LogP contribution in [0.1, 0.15) is 11.3 Å². The van der Waals surface area contributed by atoms with Gasteiger partial charge in [-0.2, -0.15) is 0 Å². The highest BCUT2D eigenvalue weighted by atomic mass is 79.9. The maximum atomic E-state index is 12.9. The van der Waals surface area contributed by atoms with Gasteiger partial charge in [-0.15, -0.1) is 0 Å². The highest BCUT2D eigenvalue weighted by Crippen LogP contribution is 2.30. The number of methoxy groups -OCH3 is 1. The SMILES string of the molecule is COC(=O)CN1C(=S)N(C)C(=O)/C1=C/c1cn(CC(=O)NCc2ccco2)c2ccc(Br)cc12. The van der Waals surface area contributed by atoms with Gasteiger partial charge in [0.2, 0.25) is 5.91 Å². The van der Waals surface area contributed by atoms with E-state index in [1.165, 1.54) is 16.9 Å². The number of carbonyl (C=O) groups excluding carboxylic acids is 3. The number of fused-ring (bicyclic) bond motifs is 1. The zero-order valence-electron chi connectivity index (χ0n) is 18.4. The second kappa shape index (κ2) is 9.82. The predicted molar refractivity (Wildman–Crippen MR) is 132 cm³/mol. The Bertz CT molecular complexity index is 1310. The first-order chi connectivity index (χ1) is 16.3. The predicted octanol–water partition coefficient (Wildman–Crippen LogP) is 2.89. The molecular weight excluding hydrogens is 524 g/mol. The lowest BCUT2D eigenvalue weighted by atomic mass is 10.1. The van der Waals surface area contributed by atoms with Crippen LogP contribution in [-0.2, 0) is 32.2 Å². The molecule has 0 saturated carbocycles. The first-order valence-electron chi connectivity index (χ1n) is 10.2. The molecule has 4 rings (SSSR count). The summed E-state index contributed by atoms with van der Waals surface area (Å²) < 4.78 is 12.7. The monoisotopic (exact) mass is 544 g/mol. The summed E-state index contributed by atoms with van der Waals surface area (Å²) in [6, 6.07) is 9.22. The molecule has 3 aromatic rings. The van der Waals surface area contributed by atoms with Crippen molar-refractivity contribution in [3.63, 3.8) is 0 Å². The summed E-state index contributed by atoms with van der Waals surface area (Å²) in [5.41, 5.74) is 1.76. The number of hydrogen-bond donors (Lipinski definition) is 1.